The summed E-state index contributed by atoms with van der Waals surface area (Å²) in [6.45, 7) is 6.26. The predicted molar refractivity (Wildman–Crippen MR) is 60.0 cm³/mol. The summed E-state index contributed by atoms with van der Waals surface area (Å²) < 4.78 is 5.46. The predicted octanol–water partition coefficient (Wildman–Crippen LogP) is 2.67. The lowest BCUT2D eigenvalue weighted by Gasteiger charge is -2.09. The van der Waals surface area contributed by atoms with Crippen LogP contribution in [0.4, 0.5) is 0 Å². The molecule has 0 aliphatic carbocycles. The van der Waals surface area contributed by atoms with Crippen molar-refractivity contribution >= 4 is 0 Å². The molecule has 82 valence electrons. The van der Waals surface area contributed by atoms with Crippen molar-refractivity contribution < 1.29 is 9.84 Å². The number of benzene rings is 1. The van der Waals surface area contributed by atoms with E-state index in [9.17, 15) is 5.11 Å². The molecule has 1 N–H and O–H groups in total. The molecule has 0 saturated carbocycles. The van der Waals surface area contributed by atoms with E-state index in [1.54, 1.807) is 6.07 Å². The van der Waals surface area contributed by atoms with Crippen molar-refractivity contribution in [2.24, 2.45) is 5.92 Å². The highest BCUT2D eigenvalue weighted by molar-refractivity contribution is 5.35. The summed E-state index contributed by atoms with van der Waals surface area (Å²) in [5.74, 6) is 0.936. The molecule has 0 bridgehead atoms. The Morgan fingerprint density at radius 2 is 2.13 bits per heavy atom. The molecule has 0 radical (unpaired) electrons. The molecule has 1 saturated heterocycles. The van der Waals surface area contributed by atoms with Crippen LogP contribution in [0.25, 0.3) is 0 Å². The van der Waals surface area contributed by atoms with E-state index in [2.05, 4.69) is 19.9 Å². The first-order chi connectivity index (χ1) is 7.08. The summed E-state index contributed by atoms with van der Waals surface area (Å²) in [5, 5.41) is 9.42. The van der Waals surface area contributed by atoms with Crippen LogP contribution < -0.4 is 0 Å². The summed E-state index contributed by atoms with van der Waals surface area (Å²) in [6, 6.07) is 5.82. The lowest BCUT2D eigenvalue weighted by molar-refractivity contribution is 0.328. The monoisotopic (exact) mass is 206 g/mol. The minimum absolute atomic E-state index is 0.377. The third kappa shape index (κ3) is 2.32. The molecule has 0 aromatic heterocycles. The van der Waals surface area contributed by atoms with E-state index in [0.29, 0.717) is 23.9 Å². The highest BCUT2D eigenvalue weighted by Gasteiger charge is 2.38. The van der Waals surface area contributed by atoms with Crippen molar-refractivity contribution in [2.45, 2.75) is 39.4 Å². The van der Waals surface area contributed by atoms with Gasteiger partial charge in [-0.3, -0.25) is 0 Å². The third-order valence-corrected chi connectivity index (χ3v) is 3.14. The van der Waals surface area contributed by atoms with Crippen LogP contribution in [0.1, 0.15) is 25.0 Å². The molecule has 1 aliphatic heterocycles. The van der Waals surface area contributed by atoms with Crippen LogP contribution in [0.15, 0.2) is 18.2 Å². The van der Waals surface area contributed by atoms with Gasteiger partial charge in [-0.1, -0.05) is 19.1 Å². The van der Waals surface area contributed by atoms with Crippen molar-refractivity contribution in [3.05, 3.63) is 29.3 Å². The lowest BCUT2D eigenvalue weighted by Crippen LogP contribution is -2.09. The van der Waals surface area contributed by atoms with Gasteiger partial charge in [0.1, 0.15) is 5.75 Å². The van der Waals surface area contributed by atoms with Gasteiger partial charge in [0.2, 0.25) is 0 Å². The van der Waals surface area contributed by atoms with Gasteiger partial charge in [0.25, 0.3) is 0 Å². The second-order valence-corrected chi connectivity index (χ2v) is 4.61. The Kier molecular flexibility index (Phi) is 2.70. The number of phenols is 1. The van der Waals surface area contributed by atoms with Crippen molar-refractivity contribution in [1.29, 1.82) is 0 Å². The van der Waals surface area contributed by atoms with Crippen molar-refractivity contribution in [3.8, 4) is 5.75 Å². The maximum atomic E-state index is 9.42. The van der Waals surface area contributed by atoms with Gasteiger partial charge in [-0.25, -0.2) is 0 Å². The van der Waals surface area contributed by atoms with Gasteiger partial charge < -0.3 is 9.84 Å². The Labute approximate surface area is 90.9 Å². The van der Waals surface area contributed by atoms with Crippen LogP contribution >= 0.6 is 0 Å². The summed E-state index contributed by atoms with van der Waals surface area (Å²) in [7, 11) is 0. The molecule has 2 rings (SSSR count). The van der Waals surface area contributed by atoms with E-state index < -0.39 is 0 Å². The van der Waals surface area contributed by atoms with Gasteiger partial charge >= 0.3 is 0 Å². The van der Waals surface area contributed by atoms with Crippen LogP contribution in [0, 0.1) is 12.8 Å². The van der Waals surface area contributed by atoms with Crippen LogP contribution in [-0.4, -0.2) is 17.3 Å². The fourth-order valence-electron chi connectivity index (χ4n) is 2.13. The fraction of sp³-hybridized carbons (Fsp3) is 0.538. The van der Waals surface area contributed by atoms with Crippen molar-refractivity contribution in [3.63, 3.8) is 0 Å². The van der Waals surface area contributed by atoms with Gasteiger partial charge in [0, 0.05) is 0 Å². The third-order valence-electron chi connectivity index (χ3n) is 3.14. The Balaban J connectivity index is 2.01. The van der Waals surface area contributed by atoms with E-state index in [-0.39, 0.29) is 0 Å². The van der Waals surface area contributed by atoms with Gasteiger partial charge in [-0.2, -0.15) is 0 Å². The van der Waals surface area contributed by atoms with E-state index in [4.69, 9.17) is 4.74 Å². The zero-order chi connectivity index (χ0) is 11.0. The van der Waals surface area contributed by atoms with Crippen molar-refractivity contribution in [1.82, 2.24) is 0 Å². The van der Waals surface area contributed by atoms with Crippen LogP contribution in [0.3, 0.4) is 0 Å². The standard InChI is InChI=1S/C13H18O2/c1-8-6-11(4-5-12(8)14)7-9(2)13-10(3)15-13/h4-6,9-10,13-14H,7H2,1-3H3. The number of aromatic hydroxyl groups is 1. The minimum Gasteiger partial charge on any atom is -0.508 e. The molecule has 1 aromatic carbocycles. The number of ether oxygens (including phenoxy) is 1. The highest BCUT2D eigenvalue weighted by Crippen LogP contribution is 2.31. The number of aryl methyl sites for hydroxylation is 1. The number of epoxide rings is 1. The quantitative estimate of drug-likeness (QED) is 0.771. The Morgan fingerprint density at radius 1 is 1.47 bits per heavy atom. The average molecular weight is 206 g/mol. The van der Waals surface area contributed by atoms with Gasteiger partial charge in [-0.05, 0) is 43.4 Å². The summed E-state index contributed by atoms with van der Waals surface area (Å²) in [4.78, 5) is 0. The first-order valence-electron chi connectivity index (χ1n) is 5.52. The first-order valence-corrected chi connectivity index (χ1v) is 5.52. The second-order valence-electron chi connectivity index (χ2n) is 4.61. The molecule has 3 atom stereocenters. The van der Waals surface area contributed by atoms with E-state index in [0.717, 1.165) is 12.0 Å². The largest absolute Gasteiger partial charge is 0.508 e. The fourth-order valence-corrected chi connectivity index (χ4v) is 2.13. The van der Waals surface area contributed by atoms with Gasteiger partial charge in [0.05, 0.1) is 12.2 Å². The number of hydrogen-bond donors (Lipinski definition) is 1. The second kappa shape index (κ2) is 3.86. The minimum atomic E-state index is 0.377. The topological polar surface area (TPSA) is 32.8 Å². The zero-order valence-electron chi connectivity index (χ0n) is 9.53. The molecule has 1 aliphatic rings. The highest BCUT2D eigenvalue weighted by atomic mass is 16.6. The van der Waals surface area contributed by atoms with E-state index >= 15 is 0 Å². The van der Waals surface area contributed by atoms with Gasteiger partial charge in [0.15, 0.2) is 0 Å². The van der Waals surface area contributed by atoms with Crippen LogP contribution in [-0.2, 0) is 11.2 Å². The molecular formula is C13H18O2. The molecule has 2 heteroatoms. The molecule has 1 aromatic rings. The summed E-state index contributed by atoms with van der Waals surface area (Å²) >= 11 is 0. The van der Waals surface area contributed by atoms with Gasteiger partial charge in [-0.15, -0.1) is 0 Å². The SMILES string of the molecule is Cc1cc(CC(C)C2OC2C)ccc1O. The Morgan fingerprint density at radius 3 is 2.67 bits per heavy atom. The smallest absolute Gasteiger partial charge is 0.118 e. The first kappa shape index (κ1) is 10.5. The number of rotatable bonds is 3. The Hall–Kier alpha value is -1.02. The molecule has 1 fully saturated rings. The normalized spacial score (nSPS) is 26.3. The van der Waals surface area contributed by atoms with E-state index in [1.807, 2.05) is 13.0 Å². The molecule has 1 heterocycles. The zero-order valence-corrected chi connectivity index (χ0v) is 9.53. The lowest BCUT2D eigenvalue weighted by atomic mass is 9.96. The summed E-state index contributed by atoms with van der Waals surface area (Å²) in [6.07, 6.45) is 1.88. The Bertz CT molecular complexity index is 360. The molecule has 15 heavy (non-hydrogen) atoms. The number of hydrogen-bond acceptors (Lipinski definition) is 2. The molecule has 0 amide bonds. The number of phenolic OH excluding ortho intramolecular Hbond substituents is 1. The average Bonchev–Trinajstić information content (AvgIpc) is 2.89. The molecule has 3 unspecified atom stereocenters. The maximum absolute atomic E-state index is 9.42. The molecule has 0 spiro atoms. The van der Waals surface area contributed by atoms with Crippen molar-refractivity contribution in [2.75, 3.05) is 0 Å². The molecule has 2 nitrogen and oxygen atoms in total. The summed E-state index contributed by atoms with van der Waals surface area (Å²) in [5.41, 5.74) is 2.23. The van der Waals surface area contributed by atoms with Crippen LogP contribution in [0.5, 0.6) is 5.75 Å². The maximum Gasteiger partial charge on any atom is 0.118 e. The van der Waals surface area contributed by atoms with Crippen LogP contribution in [0.2, 0.25) is 0 Å². The molecular weight excluding hydrogens is 188 g/mol. The van der Waals surface area contributed by atoms with E-state index in [1.165, 1.54) is 5.56 Å².